The quantitative estimate of drug-likeness (QED) is 0.489. The van der Waals surface area contributed by atoms with Gasteiger partial charge in [0.2, 0.25) is 11.8 Å². The van der Waals surface area contributed by atoms with Crippen molar-refractivity contribution < 1.29 is 9.66 Å². The van der Waals surface area contributed by atoms with Crippen molar-refractivity contribution in [2.45, 2.75) is 6.92 Å². The summed E-state index contributed by atoms with van der Waals surface area (Å²) in [5.41, 5.74) is 2.93. The molecule has 8 nitrogen and oxygen atoms in total. The van der Waals surface area contributed by atoms with Gasteiger partial charge in [0, 0.05) is 17.8 Å². The number of aromatic nitrogens is 2. The molecule has 0 saturated heterocycles. The molecule has 0 aliphatic heterocycles. The van der Waals surface area contributed by atoms with Gasteiger partial charge in [-0.25, -0.2) is 10.8 Å². The zero-order chi connectivity index (χ0) is 13.8. The van der Waals surface area contributed by atoms with E-state index in [1.165, 1.54) is 24.4 Å². The molecular formula is C11H11N5O3. The predicted molar refractivity (Wildman–Crippen MR) is 67.7 cm³/mol. The number of nitro benzene ring substituents is 1. The summed E-state index contributed by atoms with van der Waals surface area (Å²) in [6.45, 7) is 1.76. The third-order valence-corrected chi connectivity index (χ3v) is 2.30. The van der Waals surface area contributed by atoms with Gasteiger partial charge in [-0.2, -0.15) is 4.98 Å². The van der Waals surface area contributed by atoms with Gasteiger partial charge in [0.1, 0.15) is 5.75 Å². The Morgan fingerprint density at radius 1 is 1.47 bits per heavy atom. The molecular weight excluding hydrogens is 250 g/mol. The van der Waals surface area contributed by atoms with Crippen LogP contribution < -0.4 is 16.0 Å². The summed E-state index contributed by atoms with van der Waals surface area (Å²) in [4.78, 5) is 18.1. The van der Waals surface area contributed by atoms with Gasteiger partial charge in [-0.15, -0.1) is 0 Å². The number of non-ortho nitro benzene ring substituents is 1. The van der Waals surface area contributed by atoms with Crippen molar-refractivity contribution in [2.75, 3.05) is 5.43 Å². The third kappa shape index (κ3) is 2.93. The predicted octanol–water partition coefficient (Wildman–Crippen LogP) is 1.77. The lowest BCUT2D eigenvalue weighted by atomic mass is 10.3. The SMILES string of the molecule is Cc1cnc(NN)nc1Oc1cccc([N+](=O)[O-])c1. The molecule has 0 fully saturated rings. The van der Waals surface area contributed by atoms with Gasteiger partial charge in [0.15, 0.2) is 0 Å². The lowest BCUT2D eigenvalue weighted by Crippen LogP contribution is -2.11. The minimum atomic E-state index is -0.493. The first-order chi connectivity index (χ1) is 9.10. The first-order valence-electron chi connectivity index (χ1n) is 5.32. The third-order valence-electron chi connectivity index (χ3n) is 2.30. The second-order valence-electron chi connectivity index (χ2n) is 3.68. The van der Waals surface area contributed by atoms with Gasteiger partial charge in [-0.3, -0.25) is 15.5 Å². The summed E-state index contributed by atoms with van der Waals surface area (Å²) >= 11 is 0. The van der Waals surface area contributed by atoms with E-state index in [4.69, 9.17) is 10.6 Å². The minimum absolute atomic E-state index is 0.0543. The van der Waals surface area contributed by atoms with E-state index in [-0.39, 0.29) is 17.5 Å². The molecule has 8 heteroatoms. The van der Waals surface area contributed by atoms with Gasteiger partial charge >= 0.3 is 0 Å². The van der Waals surface area contributed by atoms with E-state index in [1.54, 1.807) is 13.0 Å². The molecule has 0 saturated carbocycles. The summed E-state index contributed by atoms with van der Waals surface area (Å²) in [7, 11) is 0. The largest absolute Gasteiger partial charge is 0.438 e. The van der Waals surface area contributed by atoms with Gasteiger partial charge in [0.05, 0.1) is 11.0 Å². The summed E-state index contributed by atoms with van der Waals surface area (Å²) < 4.78 is 5.49. The van der Waals surface area contributed by atoms with E-state index in [9.17, 15) is 10.1 Å². The fourth-order valence-electron chi connectivity index (χ4n) is 1.37. The number of nitro groups is 1. The molecule has 0 unspecified atom stereocenters. The van der Waals surface area contributed by atoms with Gasteiger partial charge in [0.25, 0.3) is 5.69 Å². The molecule has 0 spiro atoms. The first kappa shape index (κ1) is 12.7. The lowest BCUT2D eigenvalue weighted by Gasteiger charge is -2.08. The Morgan fingerprint density at radius 3 is 2.95 bits per heavy atom. The zero-order valence-electron chi connectivity index (χ0n) is 10.0. The minimum Gasteiger partial charge on any atom is -0.438 e. The molecule has 0 bridgehead atoms. The van der Waals surface area contributed by atoms with E-state index in [1.807, 2.05) is 0 Å². The maximum Gasteiger partial charge on any atom is 0.273 e. The normalized spacial score (nSPS) is 10.0. The molecule has 98 valence electrons. The van der Waals surface area contributed by atoms with E-state index in [0.29, 0.717) is 11.3 Å². The molecule has 1 aromatic heterocycles. The molecule has 3 N–H and O–H groups in total. The fourth-order valence-corrected chi connectivity index (χ4v) is 1.37. The van der Waals surface area contributed by atoms with Crippen LogP contribution in [0.1, 0.15) is 5.56 Å². The highest BCUT2D eigenvalue weighted by molar-refractivity contribution is 5.41. The smallest absolute Gasteiger partial charge is 0.273 e. The van der Waals surface area contributed by atoms with Crippen LogP contribution >= 0.6 is 0 Å². The lowest BCUT2D eigenvalue weighted by molar-refractivity contribution is -0.384. The maximum absolute atomic E-state index is 10.7. The van der Waals surface area contributed by atoms with Crippen molar-refractivity contribution in [3.05, 3.63) is 46.1 Å². The number of nitrogen functional groups attached to an aromatic ring is 1. The molecule has 1 aromatic carbocycles. The monoisotopic (exact) mass is 261 g/mol. The van der Waals surface area contributed by atoms with E-state index < -0.39 is 4.92 Å². The van der Waals surface area contributed by atoms with Crippen molar-refractivity contribution in [3.8, 4) is 11.6 Å². The summed E-state index contributed by atoms with van der Waals surface area (Å²) in [5.74, 6) is 6.01. The number of aryl methyl sites for hydroxylation is 1. The second kappa shape index (κ2) is 5.27. The van der Waals surface area contributed by atoms with Crippen LogP contribution in [0.3, 0.4) is 0 Å². The highest BCUT2D eigenvalue weighted by Crippen LogP contribution is 2.26. The number of hydrogen-bond donors (Lipinski definition) is 2. The van der Waals surface area contributed by atoms with Gasteiger partial charge in [-0.1, -0.05) is 6.07 Å². The standard InChI is InChI=1S/C11H11N5O3/c1-7-6-13-11(15-12)14-10(7)19-9-4-2-3-8(5-9)16(17)18/h2-6H,12H2,1H3,(H,13,14,15). The second-order valence-corrected chi connectivity index (χ2v) is 3.68. The molecule has 0 aliphatic carbocycles. The molecule has 0 amide bonds. The molecule has 1 heterocycles. The number of nitrogens with one attached hydrogen (secondary N) is 1. The fraction of sp³-hybridized carbons (Fsp3) is 0.0909. The number of hydrazine groups is 1. The summed E-state index contributed by atoms with van der Waals surface area (Å²) in [6, 6.07) is 5.83. The van der Waals surface area contributed by atoms with E-state index in [2.05, 4.69) is 15.4 Å². The first-order valence-corrected chi connectivity index (χ1v) is 5.32. The Kier molecular flexibility index (Phi) is 3.53. The van der Waals surface area contributed by atoms with Crippen LogP contribution in [0.2, 0.25) is 0 Å². The van der Waals surface area contributed by atoms with Crippen molar-refractivity contribution in [2.24, 2.45) is 5.84 Å². The van der Waals surface area contributed by atoms with Crippen LogP contribution in [0.5, 0.6) is 11.6 Å². The number of hydrogen-bond acceptors (Lipinski definition) is 7. The van der Waals surface area contributed by atoms with Crippen LogP contribution in [0.25, 0.3) is 0 Å². The Morgan fingerprint density at radius 2 is 2.26 bits per heavy atom. The van der Waals surface area contributed by atoms with Crippen LogP contribution in [0, 0.1) is 17.0 Å². The molecule has 0 aliphatic rings. The molecule has 19 heavy (non-hydrogen) atoms. The maximum atomic E-state index is 10.7. The summed E-state index contributed by atoms with van der Waals surface area (Å²) in [6.07, 6.45) is 1.54. The Hall–Kier alpha value is -2.74. The van der Waals surface area contributed by atoms with Crippen molar-refractivity contribution in [1.29, 1.82) is 0 Å². The van der Waals surface area contributed by atoms with E-state index in [0.717, 1.165) is 0 Å². The number of anilines is 1. The molecule has 2 rings (SSSR count). The topological polar surface area (TPSA) is 116 Å². The number of nitrogens with zero attached hydrogens (tertiary/aromatic N) is 3. The van der Waals surface area contributed by atoms with E-state index >= 15 is 0 Å². The van der Waals surface area contributed by atoms with Crippen LogP contribution in [0.15, 0.2) is 30.5 Å². The molecule has 2 aromatic rings. The van der Waals surface area contributed by atoms with Crippen LogP contribution in [-0.4, -0.2) is 14.9 Å². The Labute approximate surface area is 108 Å². The van der Waals surface area contributed by atoms with Crippen molar-refractivity contribution >= 4 is 11.6 Å². The van der Waals surface area contributed by atoms with Gasteiger partial charge < -0.3 is 4.74 Å². The number of ether oxygens (including phenoxy) is 1. The average molecular weight is 261 g/mol. The summed E-state index contributed by atoms with van der Waals surface area (Å²) in [5, 5.41) is 10.7. The zero-order valence-corrected chi connectivity index (χ0v) is 10.0. The Bertz CT molecular complexity index is 617. The number of rotatable bonds is 4. The van der Waals surface area contributed by atoms with Gasteiger partial charge in [-0.05, 0) is 13.0 Å². The molecule has 0 atom stereocenters. The molecule has 0 radical (unpaired) electrons. The van der Waals surface area contributed by atoms with Crippen LogP contribution in [0.4, 0.5) is 11.6 Å². The van der Waals surface area contributed by atoms with Crippen LogP contribution in [-0.2, 0) is 0 Å². The van der Waals surface area contributed by atoms with Crippen molar-refractivity contribution in [1.82, 2.24) is 9.97 Å². The van der Waals surface area contributed by atoms with Crippen molar-refractivity contribution in [3.63, 3.8) is 0 Å². The Balaban J connectivity index is 2.30. The number of nitrogens with two attached hydrogens (primary N) is 1. The number of benzene rings is 1. The highest BCUT2D eigenvalue weighted by atomic mass is 16.6. The highest BCUT2D eigenvalue weighted by Gasteiger charge is 2.10. The average Bonchev–Trinajstić information content (AvgIpc) is 2.41.